The van der Waals surface area contributed by atoms with Crippen molar-refractivity contribution in [2.24, 2.45) is 0 Å². The fourth-order valence-electron chi connectivity index (χ4n) is 1.69. The summed E-state index contributed by atoms with van der Waals surface area (Å²) < 4.78 is 9.97. The molecule has 2 aromatic carbocycles. The Hall–Kier alpha value is -1.11. The van der Waals surface area contributed by atoms with Gasteiger partial charge >= 0.3 is 11.9 Å². The summed E-state index contributed by atoms with van der Waals surface area (Å²) in [7, 11) is 0. The standard InChI is InChI=1S/C16H10Cl4O4S/c17-7-15(21)23-9-1-3-13(11(19)5-9)25-14-4-2-10(6-12(14)20)24-16(22)8-18/h1-6H,7-8H2. The molecule has 0 heterocycles. The zero-order chi connectivity index (χ0) is 18.4. The molecule has 2 rings (SSSR count). The second-order valence-corrected chi connectivity index (χ2v) is 6.93. The van der Waals surface area contributed by atoms with E-state index in [0.29, 0.717) is 31.3 Å². The van der Waals surface area contributed by atoms with Crippen molar-refractivity contribution in [2.75, 3.05) is 11.8 Å². The molecule has 0 bridgehead atoms. The van der Waals surface area contributed by atoms with E-state index in [1.165, 1.54) is 23.9 Å². The van der Waals surface area contributed by atoms with Crippen molar-refractivity contribution in [3.05, 3.63) is 46.4 Å². The summed E-state index contributed by atoms with van der Waals surface area (Å²) in [5, 5.41) is 0.775. The average Bonchev–Trinajstić information content (AvgIpc) is 2.59. The monoisotopic (exact) mass is 438 g/mol. The van der Waals surface area contributed by atoms with Crippen LogP contribution in [0.25, 0.3) is 0 Å². The molecule has 0 atom stereocenters. The molecular weight excluding hydrogens is 430 g/mol. The van der Waals surface area contributed by atoms with Crippen LogP contribution in [0.5, 0.6) is 11.5 Å². The lowest BCUT2D eigenvalue weighted by Crippen LogP contribution is -2.08. The molecule has 0 radical (unpaired) electrons. The highest BCUT2D eigenvalue weighted by Gasteiger charge is 2.11. The first-order chi connectivity index (χ1) is 11.9. The van der Waals surface area contributed by atoms with Gasteiger partial charge in [-0.3, -0.25) is 9.59 Å². The van der Waals surface area contributed by atoms with E-state index in [1.54, 1.807) is 24.3 Å². The van der Waals surface area contributed by atoms with Crippen molar-refractivity contribution in [1.82, 2.24) is 0 Å². The van der Waals surface area contributed by atoms with Gasteiger partial charge in [-0.1, -0.05) is 35.0 Å². The first-order valence-electron chi connectivity index (χ1n) is 6.73. The van der Waals surface area contributed by atoms with Crippen LogP contribution in [0.3, 0.4) is 0 Å². The number of ether oxygens (including phenoxy) is 2. The predicted molar refractivity (Wildman–Crippen MR) is 99.7 cm³/mol. The minimum Gasteiger partial charge on any atom is -0.426 e. The molecule has 0 aromatic heterocycles. The fourth-order valence-corrected chi connectivity index (χ4v) is 3.20. The van der Waals surface area contributed by atoms with E-state index >= 15 is 0 Å². The van der Waals surface area contributed by atoms with Gasteiger partial charge in [-0.2, -0.15) is 0 Å². The van der Waals surface area contributed by atoms with Gasteiger partial charge in [-0.05, 0) is 24.3 Å². The first kappa shape index (κ1) is 20.2. The van der Waals surface area contributed by atoms with Crippen LogP contribution in [-0.4, -0.2) is 23.7 Å². The van der Waals surface area contributed by atoms with Crippen LogP contribution in [0.2, 0.25) is 10.0 Å². The molecule has 4 nitrogen and oxygen atoms in total. The lowest BCUT2D eigenvalue weighted by Gasteiger charge is -2.09. The highest BCUT2D eigenvalue weighted by molar-refractivity contribution is 7.99. The highest BCUT2D eigenvalue weighted by atomic mass is 35.5. The fraction of sp³-hybridized carbons (Fsp3) is 0.125. The summed E-state index contributed by atoms with van der Waals surface area (Å²) in [6.07, 6.45) is 0. The highest BCUT2D eigenvalue weighted by Crippen LogP contribution is 2.39. The maximum Gasteiger partial charge on any atom is 0.326 e. The number of esters is 2. The Morgan fingerprint density at radius 3 is 1.52 bits per heavy atom. The number of benzene rings is 2. The van der Waals surface area contributed by atoms with Gasteiger partial charge in [0.2, 0.25) is 0 Å². The maximum absolute atomic E-state index is 11.2. The molecule has 0 saturated carbocycles. The Bertz CT molecular complexity index is 732. The van der Waals surface area contributed by atoms with Gasteiger partial charge in [0.1, 0.15) is 23.3 Å². The van der Waals surface area contributed by atoms with Crippen LogP contribution in [0.1, 0.15) is 0 Å². The summed E-state index contributed by atoms with van der Waals surface area (Å²) in [6.45, 7) is 0. The topological polar surface area (TPSA) is 52.6 Å². The average molecular weight is 440 g/mol. The van der Waals surface area contributed by atoms with Gasteiger partial charge in [0.05, 0.1) is 10.0 Å². The largest absolute Gasteiger partial charge is 0.426 e. The number of alkyl halides is 2. The second kappa shape index (κ2) is 9.55. The number of halogens is 4. The molecule has 0 fully saturated rings. The normalized spacial score (nSPS) is 10.4. The summed E-state index contributed by atoms with van der Waals surface area (Å²) in [5.74, 6) is -1.02. The Morgan fingerprint density at radius 1 is 0.800 bits per heavy atom. The molecule has 132 valence electrons. The number of hydrogen-bond donors (Lipinski definition) is 0. The molecule has 0 N–H and O–H groups in total. The van der Waals surface area contributed by atoms with Crippen LogP contribution < -0.4 is 9.47 Å². The Labute approximate surface area is 168 Å². The summed E-state index contributed by atoms with van der Waals surface area (Å²) in [6, 6.07) is 9.62. The zero-order valence-electron chi connectivity index (χ0n) is 12.4. The molecule has 0 saturated heterocycles. The van der Waals surface area contributed by atoms with E-state index in [0.717, 1.165) is 0 Å². The third-order valence-electron chi connectivity index (χ3n) is 2.71. The Balaban J connectivity index is 2.14. The van der Waals surface area contributed by atoms with E-state index in [9.17, 15) is 9.59 Å². The Kier molecular flexibility index (Phi) is 7.72. The summed E-state index contributed by atoms with van der Waals surface area (Å²) in [4.78, 5) is 23.8. The third kappa shape index (κ3) is 5.97. The van der Waals surface area contributed by atoms with Crippen molar-refractivity contribution in [1.29, 1.82) is 0 Å². The summed E-state index contributed by atoms with van der Waals surface area (Å²) in [5.41, 5.74) is 0. The quantitative estimate of drug-likeness (QED) is 0.341. The van der Waals surface area contributed by atoms with E-state index in [-0.39, 0.29) is 11.8 Å². The van der Waals surface area contributed by atoms with E-state index in [1.807, 2.05) is 0 Å². The van der Waals surface area contributed by atoms with Gasteiger partial charge < -0.3 is 9.47 Å². The van der Waals surface area contributed by atoms with Crippen LogP contribution in [-0.2, 0) is 9.59 Å². The lowest BCUT2D eigenvalue weighted by atomic mass is 10.3. The van der Waals surface area contributed by atoms with Crippen LogP contribution in [0, 0.1) is 0 Å². The molecule has 25 heavy (non-hydrogen) atoms. The SMILES string of the molecule is O=C(CCl)Oc1ccc(Sc2ccc(OC(=O)CCl)cc2Cl)c(Cl)c1. The summed E-state index contributed by atoms with van der Waals surface area (Å²) >= 11 is 24.5. The van der Waals surface area contributed by atoms with Crippen molar-refractivity contribution in [3.63, 3.8) is 0 Å². The number of carbonyl (C=O) groups is 2. The van der Waals surface area contributed by atoms with Gasteiger partial charge in [0.25, 0.3) is 0 Å². The minimum absolute atomic E-state index is 0.246. The lowest BCUT2D eigenvalue weighted by molar-refractivity contribution is -0.132. The molecule has 0 unspecified atom stereocenters. The van der Waals surface area contributed by atoms with Crippen LogP contribution >= 0.6 is 58.2 Å². The second-order valence-electron chi connectivity index (χ2n) is 4.50. The van der Waals surface area contributed by atoms with Crippen LogP contribution in [0.15, 0.2) is 46.2 Å². The first-order valence-corrected chi connectivity index (χ1v) is 9.37. The van der Waals surface area contributed by atoms with Crippen molar-refractivity contribution >= 4 is 70.1 Å². The molecule has 2 aromatic rings. The molecule has 0 aliphatic heterocycles. The molecule has 0 amide bonds. The maximum atomic E-state index is 11.2. The van der Waals surface area contributed by atoms with Gasteiger partial charge in [-0.15, -0.1) is 23.2 Å². The van der Waals surface area contributed by atoms with E-state index < -0.39 is 11.9 Å². The third-order valence-corrected chi connectivity index (χ3v) is 5.15. The number of carbonyl (C=O) groups excluding carboxylic acids is 2. The number of hydrogen-bond acceptors (Lipinski definition) is 5. The molecule has 0 aliphatic carbocycles. The van der Waals surface area contributed by atoms with Gasteiger partial charge in [-0.25, -0.2) is 0 Å². The predicted octanol–water partition coefficient (Wildman–Crippen LogP) is 5.43. The minimum atomic E-state index is -0.566. The Morgan fingerprint density at radius 2 is 1.20 bits per heavy atom. The van der Waals surface area contributed by atoms with E-state index in [4.69, 9.17) is 55.9 Å². The molecule has 9 heteroatoms. The van der Waals surface area contributed by atoms with Crippen LogP contribution in [0.4, 0.5) is 0 Å². The number of rotatable bonds is 6. The molecular formula is C16H10Cl4O4S. The van der Waals surface area contributed by atoms with Crippen molar-refractivity contribution < 1.29 is 19.1 Å². The van der Waals surface area contributed by atoms with Crippen molar-refractivity contribution in [3.8, 4) is 11.5 Å². The van der Waals surface area contributed by atoms with Crippen molar-refractivity contribution in [2.45, 2.75) is 9.79 Å². The zero-order valence-corrected chi connectivity index (χ0v) is 16.3. The van der Waals surface area contributed by atoms with Gasteiger partial charge in [0, 0.05) is 21.9 Å². The molecule has 0 aliphatic rings. The van der Waals surface area contributed by atoms with Gasteiger partial charge in [0.15, 0.2) is 0 Å². The molecule has 0 spiro atoms. The smallest absolute Gasteiger partial charge is 0.326 e. The van der Waals surface area contributed by atoms with E-state index in [2.05, 4.69) is 0 Å².